The van der Waals surface area contributed by atoms with Crippen LogP contribution in [0.3, 0.4) is 0 Å². The number of carbonyl (C=O) groups is 4. The molecule has 1 atom stereocenters. The van der Waals surface area contributed by atoms with Crippen LogP contribution in [0.25, 0.3) is 0 Å². The molecule has 0 aromatic rings. The van der Waals surface area contributed by atoms with E-state index in [1.807, 2.05) is 48.5 Å². The van der Waals surface area contributed by atoms with Gasteiger partial charge in [0.2, 0.25) is 34.7 Å². The largest absolute Gasteiger partial charge is 0.379 e. The summed E-state index contributed by atoms with van der Waals surface area (Å²) in [7, 11) is -1.55. The summed E-state index contributed by atoms with van der Waals surface area (Å²) in [5.41, 5.74) is 5.17. The van der Waals surface area contributed by atoms with E-state index in [0.29, 0.717) is 38.8 Å². The molecular weight excluding hydrogens is 648 g/mol. The number of carbonyl (C=O) groups excluding carboxylic acids is 4. The Morgan fingerprint density at radius 2 is 1.37 bits per heavy atom. The fourth-order valence-electron chi connectivity index (χ4n) is 2.44. The van der Waals surface area contributed by atoms with Gasteiger partial charge >= 0.3 is 0 Å². The highest BCUT2D eigenvalue weighted by Gasteiger charge is 2.35. The minimum absolute atomic E-state index is 0.0417. The number of amides is 4. The first-order chi connectivity index (χ1) is 23.3. The number of sulfonamides is 1. The van der Waals surface area contributed by atoms with E-state index in [1.54, 1.807) is 17.9 Å². The van der Waals surface area contributed by atoms with E-state index in [1.165, 1.54) is 24.2 Å². The highest BCUT2D eigenvalue weighted by atomic mass is 32.2. The van der Waals surface area contributed by atoms with E-state index in [4.69, 9.17) is 15.2 Å². The van der Waals surface area contributed by atoms with Gasteiger partial charge in [0, 0.05) is 20.3 Å². The number of hydrogen-bond donors (Lipinski definition) is 3. The number of primary amides is 1. The SMILES string of the molecule is C#C.C#C.C#C.C1CC1.C=CCOCCC.CC.CC.COC(C)(C)C.NC(=O)[C@@H]1CCCN1C(=O)CNC=O.O=CNS(=O)(=O)C1CC1. The lowest BCUT2D eigenvalue weighted by Gasteiger charge is -2.21. The lowest BCUT2D eigenvalue weighted by Crippen LogP contribution is -2.46. The second-order valence-electron chi connectivity index (χ2n) is 9.87. The van der Waals surface area contributed by atoms with Gasteiger partial charge in [0.1, 0.15) is 6.04 Å². The Kier molecular flexibility index (Phi) is 57.1. The van der Waals surface area contributed by atoms with E-state index < -0.39 is 22.0 Å². The average Bonchev–Trinajstić information content (AvgIpc) is 4.07. The van der Waals surface area contributed by atoms with Crippen LogP contribution in [0.4, 0.5) is 0 Å². The number of rotatable bonds is 11. The van der Waals surface area contributed by atoms with E-state index in [-0.39, 0.29) is 29.7 Å². The van der Waals surface area contributed by atoms with Crippen molar-refractivity contribution in [1.29, 1.82) is 0 Å². The number of likely N-dealkylation sites (tertiary alicyclic amines) is 1. The van der Waals surface area contributed by atoms with E-state index in [0.717, 1.165) is 19.4 Å². The summed E-state index contributed by atoms with van der Waals surface area (Å²) < 4.78 is 33.0. The van der Waals surface area contributed by atoms with Crippen LogP contribution in [-0.2, 0) is 38.7 Å². The van der Waals surface area contributed by atoms with Gasteiger partial charge in [-0.3, -0.25) is 23.9 Å². The molecule has 3 fully saturated rings. The van der Waals surface area contributed by atoms with Crippen LogP contribution in [0, 0.1) is 38.5 Å². The third kappa shape index (κ3) is 51.2. The molecule has 0 radical (unpaired) electrons. The number of nitrogens with one attached hydrogen (secondary N) is 2. The average molecular weight is 717 g/mol. The first kappa shape index (κ1) is 60.5. The van der Waals surface area contributed by atoms with E-state index in [9.17, 15) is 27.6 Å². The number of hydrogen-bond acceptors (Lipinski definition) is 8. The van der Waals surface area contributed by atoms with Crippen LogP contribution in [0.5, 0.6) is 0 Å². The molecule has 4 amide bonds. The van der Waals surface area contributed by atoms with E-state index in [2.05, 4.69) is 57.4 Å². The Morgan fingerprint density at radius 1 is 0.918 bits per heavy atom. The lowest BCUT2D eigenvalue weighted by atomic mass is 10.2. The fraction of sp³-hybridized carbons (Fsp3) is 0.667. The van der Waals surface area contributed by atoms with Crippen molar-refractivity contribution < 1.29 is 37.1 Å². The van der Waals surface area contributed by atoms with Gasteiger partial charge in [-0.25, -0.2) is 8.42 Å². The fourth-order valence-corrected chi connectivity index (χ4v) is 3.53. The molecule has 0 spiro atoms. The van der Waals surface area contributed by atoms with Gasteiger partial charge in [-0.2, -0.15) is 0 Å². The molecule has 13 heteroatoms. The summed E-state index contributed by atoms with van der Waals surface area (Å²) in [4.78, 5) is 43.4. The van der Waals surface area contributed by atoms with E-state index >= 15 is 0 Å². The summed E-state index contributed by atoms with van der Waals surface area (Å²) in [6, 6.07) is -0.504. The number of ether oxygens (including phenoxy) is 2. The summed E-state index contributed by atoms with van der Waals surface area (Å²) in [5.74, 6) is -0.750. The lowest BCUT2D eigenvalue weighted by molar-refractivity contribution is -0.137. The topological polar surface area (TPSA) is 174 Å². The van der Waals surface area contributed by atoms with Crippen molar-refractivity contribution in [3.8, 4) is 38.5 Å². The van der Waals surface area contributed by atoms with Crippen molar-refractivity contribution in [3.63, 3.8) is 0 Å². The Bertz CT molecular complexity index is 920. The number of nitrogens with zero attached hydrogens (tertiary/aromatic N) is 1. The number of terminal acetylenes is 3. The minimum atomic E-state index is -3.26. The minimum Gasteiger partial charge on any atom is -0.379 e. The zero-order chi connectivity index (χ0) is 40.3. The number of methoxy groups -OCH3 is 1. The monoisotopic (exact) mass is 716 g/mol. The van der Waals surface area contributed by atoms with Crippen molar-refractivity contribution in [2.75, 3.05) is 33.4 Å². The highest BCUT2D eigenvalue weighted by Crippen LogP contribution is 2.26. The zero-order valence-corrected chi connectivity index (χ0v) is 32.6. The third-order valence-electron chi connectivity index (χ3n) is 4.96. The molecule has 0 unspecified atom stereocenters. The molecule has 2 aliphatic carbocycles. The summed E-state index contributed by atoms with van der Waals surface area (Å²) in [6.45, 7) is 21.7. The van der Waals surface area contributed by atoms with Crippen molar-refractivity contribution >= 4 is 34.7 Å². The summed E-state index contributed by atoms with van der Waals surface area (Å²) in [6.07, 6.45) is 34.8. The standard InChI is InChI=1S/C8H13N3O3.C6H12O.C5H12O.C4H7NO3S.C3H6.2C2H6.3C2H2/c9-8(14)6-2-1-3-11(6)7(13)4-10-5-12;1-3-5-7-6-4-2;1-5(2,3)6-4;6-3-5-9(7,8)4-1-2-4;1-2-3-1;5*1-2/h5-6H,1-4H2,(H2,9,14)(H,10,12);3H,1,4-6H2,2H3;1-4H3;3-4H,1-2H2,(H,5,6);1-3H2;2*1-2H3;3*1-2H/t6-;;;;;;;;;/m0........./s1. The molecule has 3 rings (SSSR count). The maximum Gasteiger partial charge on any atom is 0.242 e. The van der Waals surface area contributed by atoms with Gasteiger partial charge in [-0.1, -0.05) is 60.0 Å². The van der Waals surface area contributed by atoms with Gasteiger partial charge < -0.3 is 25.4 Å². The molecule has 4 N–H and O–H groups in total. The van der Waals surface area contributed by atoms with Gasteiger partial charge in [-0.05, 0) is 52.9 Å². The molecule has 1 heterocycles. The predicted octanol–water partition coefficient (Wildman–Crippen LogP) is 4.43. The molecule has 0 aromatic heterocycles. The Labute approximate surface area is 300 Å². The maximum atomic E-state index is 11.4. The van der Waals surface area contributed by atoms with Crippen LogP contribution in [0.2, 0.25) is 0 Å². The quantitative estimate of drug-likeness (QED) is 0.122. The molecule has 0 bridgehead atoms. The molecule has 3 aliphatic rings. The highest BCUT2D eigenvalue weighted by molar-refractivity contribution is 7.90. The number of nitrogens with two attached hydrogens (primary N) is 1. The third-order valence-corrected chi connectivity index (χ3v) is 6.74. The Balaban J connectivity index is -0.0000000887. The van der Waals surface area contributed by atoms with Crippen molar-refractivity contribution in [1.82, 2.24) is 14.9 Å². The van der Waals surface area contributed by atoms with Gasteiger partial charge in [0.05, 0.1) is 24.0 Å². The maximum absolute atomic E-state index is 11.4. The van der Waals surface area contributed by atoms with Crippen molar-refractivity contribution in [2.24, 2.45) is 5.73 Å². The molecule has 0 aromatic carbocycles. The molecule has 49 heavy (non-hydrogen) atoms. The van der Waals surface area contributed by atoms with Crippen LogP contribution in [0.1, 0.15) is 107 Å². The van der Waals surface area contributed by atoms with Crippen LogP contribution in [-0.4, -0.2) is 88.3 Å². The molecule has 1 saturated heterocycles. The van der Waals surface area contributed by atoms with Gasteiger partial charge in [0.25, 0.3) is 0 Å². The molecule has 1 aliphatic heterocycles. The molecular formula is C36H68N4O8S. The smallest absolute Gasteiger partial charge is 0.242 e. The van der Waals surface area contributed by atoms with Gasteiger partial charge in [-0.15, -0.1) is 45.1 Å². The Morgan fingerprint density at radius 3 is 1.65 bits per heavy atom. The molecule has 12 nitrogen and oxygen atoms in total. The summed E-state index contributed by atoms with van der Waals surface area (Å²) >= 11 is 0. The normalized spacial score (nSPS) is 13.9. The second kappa shape index (κ2) is 46.3. The first-order valence-electron chi connectivity index (χ1n) is 16.3. The van der Waals surface area contributed by atoms with Crippen molar-refractivity contribution in [2.45, 2.75) is 124 Å². The predicted molar refractivity (Wildman–Crippen MR) is 203 cm³/mol. The first-order valence-corrected chi connectivity index (χ1v) is 17.8. The second-order valence-corrected chi connectivity index (χ2v) is 11.9. The summed E-state index contributed by atoms with van der Waals surface area (Å²) in [5, 5.41) is 1.96. The molecule has 2 saturated carbocycles. The van der Waals surface area contributed by atoms with Crippen LogP contribution in [0.15, 0.2) is 12.7 Å². The Hall–Kier alpha value is -3.83. The van der Waals surface area contributed by atoms with Crippen molar-refractivity contribution in [3.05, 3.63) is 12.7 Å². The zero-order valence-electron chi connectivity index (χ0n) is 31.7. The van der Waals surface area contributed by atoms with Gasteiger partial charge in [0.15, 0.2) is 0 Å². The van der Waals surface area contributed by atoms with Crippen LogP contribution >= 0.6 is 0 Å². The molecule has 286 valence electrons. The van der Waals surface area contributed by atoms with Crippen LogP contribution < -0.4 is 15.8 Å².